The van der Waals surface area contributed by atoms with Gasteiger partial charge in [-0.15, -0.1) is 0 Å². The Kier molecular flexibility index (Phi) is 5.49. The van der Waals surface area contributed by atoms with Gasteiger partial charge in [0.1, 0.15) is 24.1 Å². The van der Waals surface area contributed by atoms with Gasteiger partial charge >= 0.3 is 0 Å². The number of aliphatic hydroxyl groups excluding tert-OH is 2. The predicted molar refractivity (Wildman–Crippen MR) is 75.4 cm³/mol. The SMILES string of the molecule is [CH2-]CCC1OC(n2cnc3c(NC)ncnc32)C(O)C1O.[W]. The van der Waals surface area contributed by atoms with Gasteiger partial charge in [0, 0.05) is 28.1 Å². The Morgan fingerprint density at radius 1 is 1.32 bits per heavy atom. The van der Waals surface area contributed by atoms with Crippen molar-refractivity contribution >= 4 is 17.0 Å². The molecule has 120 valence electrons. The van der Waals surface area contributed by atoms with E-state index in [0.717, 1.165) is 0 Å². The van der Waals surface area contributed by atoms with Crippen molar-refractivity contribution in [3.63, 3.8) is 0 Å². The Hall–Kier alpha value is -1.08. The third kappa shape index (κ3) is 2.76. The maximum Gasteiger partial charge on any atom is 0.167 e. The van der Waals surface area contributed by atoms with Crippen LogP contribution in [0.1, 0.15) is 19.1 Å². The molecule has 0 radical (unpaired) electrons. The van der Waals surface area contributed by atoms with Crippen LogP contribution in [0.3, 0.4) is 0 Å². The van der Waals surface area contributed by atoms with Gasteiger partial charge in [-0.05, 0) is 0 Å². The Bertz CT molecular complexity index is 637. The van der Waals surface area contributed by atoms with E-state index in [-0.39, 0.29) is 21.1 Å². The number of hydrogen-bond donors (Lipinski definition) is 3. The van der Waals surface area contributed by atoms with Gasteiger partial charge in [0.25, 0.3) is 0 Å². The molecule has 22 heavy (non-hydrogen) atoms. The number of hydrogen-bond acceptors (Lipinski definition) is 7. The van der Waals surface area contributed by atoms with E-state index >= 15 is 0 Å². The van der Waals surface area contributed by atoms with E-state index in [1.54, 1.807) is 11.6 Å². The first-order valence-electron chi connectivity index (χ1n) is 6.83. The number of rotatable bonds is 4. The summed E-state index contributed by atoms with van der Waals surface area (Å²) in [4.78, 5) is 12.5. The fraction of sp³-hybridized carbons (Fsp3) is 0.538. The zero-order chi connectivity index (χ0) is 15.0. The molecular formula is C13H18N5O3W-. The second-order valence-electron chi connectivity index (χ2n) is 4.98. The summed E-state index contributed by atoms with van der Waals surface area (Å²) in [6, 6.07) is 0. The molecule has 4 atom stereocenters. The number of nitrogens with one attached hydrogen (secondary N) is 1. The summed E-state index contributed by atoms with van der Waals surface area (Å²) in [5, 5.41) is 23.2. The number of ether oxygens (including phenoxy) is 1. The van der Waals surface area contributed by atoms with Gasteiger partial charge in [0.2, 0.25) is 0 Å². The molecular weight excluding hydrogens is 458 g/mol. The van der Waals surface area contributed by atoms with Crippen LogP contribution in [0.5, 0.6) is 0 Å². The van der Waals surface area contributed by atoms with Crippen LogP contribution in [0.2, 0.25) is 0 Å². The second kappa shape index (κ2) is 7.00. The summed E-state index contributed by atoms with van der Waals surface area (Å²) >= 11 is 0. The van der Waals surface area contributed by atoms with Crippen molar-refractivity contribution in [2.75, 3.05) is 12.4 Å². The van der Waals surface area contributed by atoms with Gasteiger partial charge in [0.05, 0.1) is 12.4 Å². The quantitative estimate of drug-likeness (QED) is 0.538. The maximum atomic E-state index is 10.2. The van der Waals surface area contributed by atoms with Crippen LogP contribution in [-0.4, -0.2) is 55.1 Å². The first-order chi connectivity index (χ1) is 10.2. The standard InChI is InChI=1S/C13H18N5O3.W/c1-3-4-7-9(19)10(20)13(21-7)18-6-17-8-11(14-2)15-5-16-12(8)18;/h5-7,9-10,13,19-20H,1,3-4H2,2H3,(H,14,15,16);/q-1;. The van der Waals surface area contributed by atoms with Crippen molar-refractivity contribution in [3.8, 4) is 0 Å². The molecule has 0 saturated carbocycles. The number of aromatic nitrogens is 4. The average Bonchev–Trinajstić information content (AvgIpc) is 3.04. The minimum Gasteiger partial charge on any atom is -0.388 e. The van der Waals surface area contributed by atoms with Crippen LogP contribution in [0.25, 0.3) is 11.2 Å². The molecule has 0 bridgehead atoms. The number of fused-ring (bicyclic) bond motifs is 1. The van der Waals surface area contributed by atoms with E-state index in [9.17, 15) is 10.2 Å². The molecule has 0 aromatic carbocycles. The van der Waals surface area contributed by atoms with Gasteiger partial charge in [0.15, 0.2) is 17.7 Å². The third-order valence-corrected chi connectivity index (χ3v) is 3.70. The number of nitrogens with zero attached hydrogens (tertiary/aromatic N) is 4. The van der Waals surface area contributed by atoms with Gasteiger partial charge in [-0.25, -0.2) is 15.0 Å². The molecule has 0 spiro atoms. The minimum absolute atomic E-state index is 0. The van der Waals surface area contributed by atoms with Crippen molar-refractivity contribution in [2.45, 2.75) is 37.4 Å². The Morgan fingerprint density at radius 2 is 2.09 bits per heavy atom. The molecule has 0 amide bonds. The third-order valence-electron chi connectivity index (χ3n) is 3.70. The van der Waals surface area contributed by atoms with Crippen molar-refractivity contribution in [1.29, 1.82) is 0 Å². The van der Waals surface area contributed by atoms with Crippen molar-refractivity contribution in [2.24, 2.45) is 0 Å². The zero-order valence-corrected chi connectivity index (χ0v) is 15.0. The van der Waals surface area contributed by atoms with Crippen molar-refractivity contribution in [3.05, 3.63) is 19.6 Å². The van der Waals surface area contributed by atoms with Crippen LogP contribution in [0.4, 0.5) is 5.82 Å². The van der Waals surface area contributed by atoms with E-state index in [2.05, 4.69) is 27.2 Å². The topological polar surface area (TPSA) is 105 Å². The molecule has 3 N–H and O–H groups in total. The summed E-state index contributed by atoms with van der Waals surface area (Å²) in [6.45, 7) is 3.75. The van der Waals surface area contributed by atoms with Crippen LogP contribution in [0.15, 0.2) is 12.7 Å². The van der Waals surface area contributed by atoms with Gasteiger partial charge in [-0.3, -0.25) is 4.57 Å². The van der Waals surface area contributed by atoms with E-state index in [1.165, 1.54) is 12.7 Å². The van der Waals surface area contributed by atoms with E-state index in [0.29, 0.717) is 29.8 Å². The zero-order valence-electron chi connectivity index (χ0n) is 12.1. The monoisotopic (exact) mass is 476 g/mol. The predicted octanol–water partition coefficient (Wildman–Crippen LogP) is 0.0990. The van der Waals surface area contributed by atoms with E-state index in [1.807, 2.05) is 0 Å². The summed E-state index contributed by atoms with van der Waals surface area (Å²) in [5.41, 5.74) is 1.13. The molecule has 3 rings (SSSR count). The molecule has 9 heteroatoms. The molecule has 1 aliphatic heterocycles. The Balaban J connectivity index is 0.00000176. The second-order valence-corrected chi connectivity index (χ2v) is 4.98. The first kappa shape index (κ1) is 17.3. The molecule has 1 aliphatic rings. The summed E-state index contributed by atoms with van der Waals surface area (Å²) < 4.78 is 7.37. The minimum atomic E-state index is -1.04. The smallest absolute Gasteiger partial charge is 0.167 e. The molecule has 1 saturated heterocycles. The molecule has 0 aliphatic carbocycles. The average molecular weight is 476 g/mol. The molecule has 3 heterocycles. The number of anilines is 1. The normalized spacial score (nSPS) is 27.8. The summed E-state index contributed by atoms with van der Waals surface area (Å²) in [5.74, 6) is 0.598. The Morgan fingerprint density at radius 3 is 2.77 bits per heavy atom. The molecule has 2 aromatic rings. The summed E-state index contributed by atoms with van der Waals surface area (Å²) in [7, 11) is 1.75. The summed E-state index contributed by atoms with van der Waals surface area (Å²) in [6.07, 6.45) is 1.01. The van der Waals surface area contributed by atoms with Crippen LogP contribution < -0.4 is 5.32 Å². The van der Waals surface area contributed by atoms with E-state index < -0.39 is 24.5 Å². The largest absolute Gasteiger partial charge is 0.388 e. The molecule has 1 fully saturated rings. The van der Waals surface area contributed by atoms with Crippen molar-refractivity contribution < 1.29 is 36.0 Å². The van der Waals surface area contributed by atoms with Crippen molar-refractivity contribution in [1.82, 2.24) is 19.5 Å². The fourth-order valence-electron chi connectivity index (χ4n) is 2.62. The number of imidazole rings is 1. The molecule has 8 nitrogen and oxygen atoms in total. The molecule has 2 aromatic heterocycles. The maximum absolute atomic E-state index is 10.2. The van der Waals surface area contributed by atoms with Crippen LogP contribution in [0, 0.1) is 6.92 Å². The van der Waals surface area contributed by atoms with Gasteiger partial charge < -0.3 is 27.2 Å². The molecule has 4 unspecified atom stereocenters. The van der Waals surface area contributed by atoms with Gasteiger partial charge in [-0.1, -0.05) is 6.42 Å². The fourth-order valence-corrected chi connectivity index (χ4v) is 2.62. The number of aliphatic hydroxyl groups is 2. The van der Waals surface area contributed by atoms with Crippen LogP contribution in [-0.2, 0) is 25.8 Å². The van der Waals surface area contributed by atoms with Crippen LogP contribution >= 0.6 is 0 Å². The van der Waals surface area contributed by atoms with Gasteiger partial charge in [-0.2, -0.15) is 6.42 Å². The van der Waals surface area contributed by atoms with E-state index in [4.69, 9.17) is 4.74 Å². The first-order valence-corrected chi connectivity index (χ1v) is 6.83. The Labute approximate surface area is 142 Å².